The lowest BCUT2D eigenvalue weighted by Gasteiger charge is -2.31. The summed E-state index contributed by atoms with van der Waals surface area (Å²) in [6.07, 6.45) is 5.95. The number of aryl methyl sites for hydroxylation is 1. The van der Waals surface area contributed by atoms with Crippen LogP contribution < -0.4 is 9.64 Å². The van der Waals surface area contributed by atoms with Gasteiger partial charge in [-0.2, -0.15) is 9.97 Å². The molecule has 0 spiro atoms. The van der Waals surface area contributed by atoms with Gasteiger partial charge < -0.3 is 19.8 Å². The SMILES string of the molecule is CCc1c(F)ccc2cc(O)cc(-c3ncc4c(N5CC[C@H](CO)C5)nc(OC[C@@]56CCCN5C[C@H](C)C6)nc4c3F)c12. The van der Waals surface area contributed by atoms with Crippen molar-refractivity contribution in [3.05, 3.63) is 47.7 Å². The summed E-state index contributed by atoms with van der Waals surface area (Å²) >= 11 is 0. The maximum absolute atomic E-state index is 16.7. The molecule has 7 rings (SSSR count). The van der Waals surface area contributed by atoms with Crippen LogP contribution in [-0.4, -0.2) is 75.0 Å². The Balaban J connectivity index is 1.37. The molecular formula is C33H37F2N5O3. The van der Waals surface area contributed by atoms with E-state index in [1.54, 1.807) is 18.3 Å². The van der Waals surface area contributed by atoms with Crippen LogP contribution in [0.2, 0.25) is 0 Å². The van der Waals surface area contributed by atoms with Gasteiger partial charge in [0.2, 0.25) is 0 Å². The van der Waals surface area contributed by atoms with Crippen molar-refractivity contribution in [1.82, 2.24) is 19.9 Å². The number of nitrogens with zero attached hydrogens (tertiary/aromatic N) is 5. The first-order valence-electron chi connectivity index (χ1n) is 15.3. The first kappa shape index (κ1) is 28.2. The number of hydrogen-bond donors (Lipinski definition) is 2. The molecule has 0 radical (unpaired) electrons. The molecule has 5 heterocycles. The van der Waals surface area contributed by atoms with Crippen molar-refractivity contribution in [1.29, 1.82) is 0 Å². The lowest BCUT2D eigenvalue weighted by molar-refractivity contribution is 0.107. The number of halogens is 2. The van der Waals surface area contributed by atoms with Crippen LogP contribution in [0, 0.1) is 23.5 Å². The summed E-state index contributed by atoms with van der Waals surface area (Å²) < 4.78 is 37.9. The number of pyridine rings is 1. The van der Waals surface area contributed by atoms with Crippen LogP contribution >= 0.6 is 0 Å². The summed E-state index contributed by atoms with van der Waals surface area (Å²) in [5, 5.41) is 21.9. The Morgan fingerprint density at radius 1 is 1.14 bits per heavy atom. The predicted molar refractivity (Wildman–Crippen MR) is 161 cm³/mol. The lowest BCUT2D eigenvalue weighted by atomic mass is 9.92. The molecule has 226 valence electrons. The van der Waals surface area contributed by atoms with Crippen LogP contribution in [0.3, 0.4) is 0 Å². The van der Waals surface area contributed by atoms with Gasteiger partial charge in [0.25, 0.3) is 0 Å². The molecule has 2 N–H and O–H groups in total. The van der Waals surface area contributed by atoms with E-state index >= 15 is 4.39 Å². The molecule has 0 saturated carbocycles. The zero-order chi connectivity index (χ0) is 29.9. The standard InChI is InChI=1S/C33H37F2N5O3/c1-3-23-26(34)6-5-21-11-22(42)12-24(27(21)23)29-28(35)30-25(14-36-29)31(39-10-7-20(16-39)17-41)38-32(37-30)43-18-33-8-4-9-40(33)15-19(2)13-33/h5-6,11-12,14,19-20,41-42H,3-4,7-10,13,15-18H2,1-2H3/t19-,20+,33+/m1/s1. The Kier molecular flexibility index (Phi) is 7.09. The molecule has 0 bridgehead atoms. The number of rotatable bonds is 7. The quantitative estimate of drug-likeness (QED) is 0.294. The predicted octanol–water partition coefficient (Wildman–Crippen LogP) is 5.46. The van der Waals surface area contributed by atoms with Crippen molar-refractivity contribution in [3.63, 3.8) is 0 Å². The normalized spacial score (nSPS) is 24.0. The van der Waals surface area contributed by atoms with Crippen molar-refractivity contribution < 1.29 is 23.7 Å². The Labute approximate surface area is 249 Å². The van der Waals surface area contributed by atoms with Crippen LogP contribution in [0.1, 0.15) is 45.1 Å². The fourth-order valence-corrected chi connectivity index (χ4v) is 7.74. The fraction of sp³-hybridized carbons (Fsp3) is 0.485. The lowest BCUT2D eigenvalue weighted by Crippen LogP contribution is -2.43. The molecule has 43 heavy (non-hydrogen) atoms. The van der Waals surface area contributed by atoms with Crippen LogP contribution in [-0.2, 0) is 6.42 Å². The van der Waals surface area contributed by atoms with Gasteiger partial charge in [-0.3, -0.25) is 9.88 Å². The molecule has 8 nitrogen and oxygen atoms in total. The second kappa shape index (κ2) is 10.8. The molecule has 2 aromatic heterocycles. The number of aromatic nitrogens is 3. The highest BCUT2D eigenvalue weighted by atomic mass is 19.1. The number of phenolic OH excluding ortho intramolecular Hbond substituents is 1. The summed E-state index contributed by atoms with van der Waals surface area (Å²) in [6.45, 7) is 7.94. The van der Waals surface area contributed by atoms with Gasteiger partial charge in [0.05, 0.1) is 10.9 Å². The Morgan fingerprint density at radius 2 is 2.00 bits per heavy atom. The van der Waals surface area contributed by atoms with Crippen LogP contribution in [0.15, 0.2) is 30.5 Å². The molecule has 3 atom stereocenters. The van der Waals surface area contributed by atoms with Crippen molar-refractivity contribution in [3.8, 4) is 23.0 Å². The van der Waals surface area contributed by atoms with Gasteiger partial charge in [-0.1, -0.05) is 19.9 Å². The highest BCUT2D eigenvalue weighted by Gasteiger charge is 2.47. The molecule has 0 unspecified atom stereocenters. The number of anilines is 1. The third kappa shape index (κ3) is 4.75. The monoisotopic (exact) mass is 589 g/mol. The number of aliphatic hydroxyl groups excluding tert-OH is 1. The average molecular weight is 590 g/mol. The van der Waals surface area contributed by atoms with E-state index in [4.69, 9.17) is 9.72 Å². The number of aromatic hydroxyl groups is 1. The molecule has 10 heteroatoms. The third-order valence-electron chi connectivity index (χ3n) is 9.72. The van der Waals surface area contributed by atoms with Crippen molar-refractivity contribution in [2.45, 2.75) is 51.5 Å². The Morgan fingerprint density at radius 3 is 2.79 bits per heavy atom. The smallest absolute Gasteiger partial charge is 0.319 e. The van der Waals surface area contributed by atoms with Crippen LogP contribution in [0.25, 0.3) is 32.9 Å². The molecule has 3 saturated heterocycles. The van der Waals surface area contributed by atoms with E-state index < -0.39 is 11.6 Å². The number of phenols is 1. The molecule has 3 aliphatic rings. The third-order valence-corrected chi connectivity index (χ3v) is 9.72. The summed E-state index contributed by atoms with van der Waals surface area (Å²) in [5.74, 6) is 0.0600. The van der Waals surface area contributed by atoms with E-state index in [1.165, 1.54) is 12.1 Å². The van der Waals surface area contributed by atoms with Crippen molar-refractivity contribution >= 4 is 27.5 Å². The second-order valence-electron chi connectivity index (χ2n) is 12.6. The Bertz CT molecular complexity index is 1720. The minimum atomic E-state index is -0.683. The second-order valence-corrected chi connectivity index (χ2v) is 12.6. The Hall–Kier alpha value is -3.63. The average Bonchev–Trinajstić information content (AvgIpc) is 3.70. The molecule has 3 fully saturated rings. The number of benzene rings is 2. The van der Waals surface area contributed by atoms with Gasteiger partial charge >= 0.3 is 6.01 Å². The van der Waals surface area contributed by atoms with E-state index in [2.05, 4.69) is 21.8 Å². The zero-order valence-corrected chi connectivity index (χ0v) is 24.6. The maximum atomic E-state index is 16.7. The van der Waals surface area contributed by atoms with Crippen LogP contribution in [0.5, 0.6) is 11.8 Å². The van der Waals surface area contributed by atoms with E-state index in [1.807, 2.05) is 11.8 Å². The van der Waals surface area contributed by atoms with E-state index in [0.717, 1.165) is 38.8 Å². The first-order valence-corrected chi connectivity index (χ1v) is 15.3. The maximum Gasteiger partial charge on any atom is 0.319 e. The number of fused-ring (bicyclic) bond motifs is 3. The summed E-state index contributed by atoms with van der Waals surface area (Å²) in [5.41, 5.74) is 0.708. The first-order chi connectivity index (χ1) is 20.8. The molecule has 4 aromatic rings. The molecule has 3 aliphatic heterocycles. The molecule has 2 aromatic carbocycles. The summed E-state index contributed by atoms with van der Waals surface area (Å²) in [6, 6.07) is 6.03. The summed E-state index contributed by atoms with van der Waals surface area (Å²) in [4.78, 5) is 18.5. The molecule has 0 amide bonds. The highest BCUT2D eigenvalue weighted by Crippen LogP contribution is 2.43. The van der Waals surface area contributed by atoms with Crippen molar-refractivity contribution in [2.75, 3.05) is 44.3 Å². The van der Waals surface area contributed by atoms with Crippen LogP contribution in [0.4, 0.5) is 14.6 Å². The van der Waals surface area contributed by atoms with Gasteiger partial charge in [0.15, 0.2) is 5.82 Å². The largest absolute Gasteiger partial charge is 0.508 e. The van der Waals surface area contributed by atoms with Gasteiger partial charge in [-0.15, -0.1) is 0 Å². The number of ether oxygens (including phenoxy) is 1. The number of hydrogen-bond acceptors (Lipinski definition) is 8. The topological polar surface area (TPSA) is 94.8 Å². The van der Waals surface area contributed by atoms with Gasteiger partial charge in [0.1, 0.15) is 35.2 Å². The molecule has 0 aliphatic carbocycles. The number of aliphatic hydroxyl groups is 1. The van der Waals surface area contributed by atoms with Gasteiger partial charge in [-0.25, -0.2) is 8.78 Å². The minimum Gasteiger partial charge on any atom is -0.508 e. The molecular weight excluding hydrogens is 552 g/mol. The van der Waals surface area contributed by atoms with E-state index in [-0.39, 0.29) is 41.0 Å². The zero-order valence-electron chi connectivity index (χ0n) is 24.6. The van der Waals surface area contributed by atoms with E-state index in [0.29, 0.717) is 65.1 Å². The van der Waals surface area contributed by atoms with Crippen molar-refractivity contribution in [2.24, 2.45) is 11.8 Å². The van der Waals surface area contributed by atoms with E-state index in [9.17, 15) is 14.6 Å². The van der Waals surface area contributed by atoms with Gasteiger partial charge in [-0.05, 0) is 79.1 Å². The summed E-state index contributed by atoms with van der Waals surface area (Å²) in [7, 11) is 0. The fourth-order valence-electron chi connectivity index (χ4n) is 7.74. The minimum absolute atomic E-state index is 0.0239. The highest BCUT2D eigenvalue weighted by molar-refractivity contribution is 6.01. The van der Waals surface area contributed by atoms with Gasteiger partial charge in [0, 0.05) is 43.9 Å².